The van der Waals surface area contributed by atoms with E-state index in [0.717, 1.165) is 0 Å². The maximum Gasteiger partial charge on any atom is 0.407 e. The molecule has 31 heavy (non-hydrogen) atoms. The molecule has 1 unspecified atom stereocenters. The second kappa shape index (κ2) is 9.24. The molecule has 0 aromatic carbocycles. The standard InChI is InChI=1S/C23H40N2O6/c1-14(2)24-21(30)31-19-7-9-22(3)16(11-20(29)25-10-8-15(27)12-25)17(28)5-6-18(22)23(19,4)13-26/h14-19,26-28H,5-13H2,1-4H3,(H,24,30)/t15-,16-,17-,18?,19-,22+,23+/m1/s1. The van der Waals surface area contributed by atoms with Gasteiger partial charge in [-0.2, -0.15) is 0 Å². The lowest BCUT2D eigenvalue weighted by molar-refractivity contribution is -0.187. The summed E-state index contributed by atoms with van der Waals surface area (Å²) in [5.74, 6) is -0.239. The van der Waals surface area contributed by atoms with E-state index < -0.39 is 29.8 Å². The normalized spacial score (nSPS) is 40.5. The molecule has 2 aliphatic carbocycles. The highest BCUT2D eigenvalue weighted by Crippen LogP contribution is 2.61. The van der Waals surface area contributed by atoms with Crippen LogP contribution in [0.15, 0.2) is 0 Å². The third-order valence-electron chi connectivity index (χ3n) is 8.24. The van der Waals surface area contributed by atoms with Crippen molar-refractivity contribution in [3.8, 4) is 0 Å². The summed E-state index contributed by atoms with van der Waals surface area (Å²) >= 11 is 0. The summed E-state index contributed by atoms with van der Waals surface area (Å²) in [5, 5.41) is 33.9. The van der Waals surface area contributed by atoms with Crippen LogP contribution in [0.4, 0.5) is 4.79 Å². The first-order chi connectivity index (χ1) is 14.5. The van der Waals surface area contributed by atoms with Crippen LogP contribution < -0.4 is 5.32 Å². The summed E-state index contributed by atoms with van der Waals surface area (Å²) in [4.78, 5) is 26.9. The maximum atomic E-state index is 12.9. The number of rotatable bonds is 5. The monoisotopic (exact) mass is 440 g/mol. The lowest BCUT2D eigenvalue weighted by atomic mass is 9.46. The smallest absolute Gasteiger partial charge is 0.407 e. The number of amides is 2. The van der Waals surface area contributed by atoms with Gasteiger partial charge in [0.1, 0.15) is 6.10 Å². The van der Waals surface area contributed by atoms with Crippen molar-refractivity contribution in [2.75, 3.05) is 19.7 Å². The van der Waals surface area contributed by atoms with Crippen LogP contribution in [0.25, 0.3) is 0 Å². The number of hydrogen-bond donors (Lipinski definition) is 4. The van der Waals surface area contributed by atoms with E-state index in [0.29, 0.717) is 45.2 Å². The van der Waals surface area contributed by atoms with E-state index in [-0.39, 0.29) is 42.2 Å². The van der Waals surface area contributed by atoms with Crippen molar-refractivity contribution < 1.29 is 29.6 Å². The van der Waals surface area contributed by atoms with Crippen molar-refractivity contribution in [3.63, 3.8) is 0 Å². The average Bonchev–Trinajstić information content (AvgIpc) is 3.13. The Balaban J connectivity index is 1.79. The SMILES string of the molecule is CC(C)NC(=O)O[C@@H]1CC[C@]2(C)C(CC[C@@H](O)[C@H]2CC(=O)N2CC[C@@H](O)C2)[C@]1(C)CO. The predicted molar refractivity (Wildman–Crippen MR) is 115 cm³/mol. The number of hydrogen-bond acceptors (Lipinski definition) is 6. The van der Waals surface area contributed by atoms with Crippen LogP contribution in [0, 0.1) is 22.7 Å². The largest absolute Gasteiger partial charge is 0.446 e. The lowest BCUT2D eigenvalue weighted by Crippen LogP contribution is -2.61. The molecule has 0 bridgehead atoms. The minimum absolute atomic E-state index is 0.0148. The van der Waals surface area contributed by atoms with Gasteiger partial charge in [0.15, 0.2) is 0 Å². The highest BCUT2D eigenvalue weighted by molar-refractivity contribution is 5.77. The first kappa shape index (κ1) is 24.3. The number of β-amino-alcohol motifs (C(OH)–C–C–N with tert-alkyl or cyclic N) is 1. The van der Waals surface area contributed by atoms with E-state index in [1.54, 1.807) is 4.90 Å². The lowest BCUT2D eigenvalue weighted by Gasteiger charge is -2.60. The maximum absolute atomic E-state index is 12.9. The number of carbonyl (C=O) groups excluding carboxylic acids is 2. The summed E-state index contributed by atoms with van der Waals surface area (Å²) in [6, 6.07) is -0.0361. The number of ether oxygens (including phenoxy) is 1. The first-order valence-electron chi connectivity index (χ1n) is 11.7. The Labute approximate surface area is 185 Å². The number of carbonyl (C=O) groups is 2. The minimum atomic E-state index is -0.646. The summed E-state index contributed by atoms with van der Waals surface area (Å²) in [7, 11) is 0. The van der Waals surface area contributed by atoms with Crippen LogP contribution in [0.5, 0.6) is 0 Å². The predicted octanol–water partition coefficient (Wildman–Crippen LogP) is 1.66. The van der Waals surface area contributed by atoms with Gasteiger partial charge in [-0.25, -0.2) is 4.79 Å². The Kier molecular flexibility index (Phi) is 7.23. The molecule has 178 valence electrons. The van der Waals surface area contributed by atoms with E-state index in [1.807, 2.05) is 20.8 Å². The van der Waals surface area contributed by atoms with Gasteiger partial charge in [0.05, 0.1) is 18.8 Å². The van der Waals surface area contributed by atoms with E-state index in [1.165, 1.54) is 0 Å². The molecule has 8 nitrogen and oxygen atoms in total. The van der Waals surface area contributed by atoms with Gasteiger partial charge in [-0.3, -0.25) is 4.79 Å². The van der Waals surface area contributed by atoms with Crippen molar-refractivity contribution in [1.29, 1.82) is 0 Å². The molecule has 3 rings (SSSR count). The number of likely N-dealkylation sites (tertiary alicyclic amines) is 1. The third-order valence-corrected chi connectivity index (χ3v) is 8.24. The Morgan fingerprint density at radius 2 is 1.87 bits per heavy atom. The number of nitrogens with zero attached hydrogens (tertiary/aromatic N) is 1. The summed E-state index contributed by atoms with van der Waals surface area (Å²) < 4.78 is 5.76. The van der Waals surface area contributed by atoms with Crippen molar-refractivity contribution in [2.45, 2.75) is 90.6 Å². The molecule has 2 saturated carbocycles. The highest BCUT2D eigenvalue weighted by Gasteiger charge is 2.60. The molecule has 7 atom stereocenters. The van der Waals surface area contributed by atoms with Gasteiger partial charge in [0, 0.05) is 31.0 Å². The first-order valence-corrected chi connectivity index (χ1v) is 11.7. The average molecular weight is 441 g/mol. The zero-order valence-corrected chi connectivity index (χ0v) is 19.3. The van der Waals surface area contributed by atoms with Gasteiger partial charge in [0.25, 0.3) is 0 Å². The van der Waals surface area contributed by atoms with E-state index >= 15 is 0 Å². The molecular weight excluding hydrogens is 400 g/mol. The Morgan fingerprint density at radius 3 is 2.45 bits per heavy atom. The molecule has 4 N–H and O–H groups in total. The summed E-state index contributed by atoms with van der Waals surface area (Å²) in [5.41, 5.74) is -0.996. The van der Waals surface area contributed by atoms with Crippen molar-refractivity contribution in [2.24, 2.45) is 22.7 Å². The molecular formula is C23H40N2O6. The highest BCUT2D eigenvalue weighted by atomic mass is 16.6. The van der Waals surface area contributed by atoms with Crippen molar-refractivity contribution in [1.82, 2.24) is 10.2 Å². The molecule has 3 fully saturated rings. The minimum Gasteiger partial charge on any atom is -0.446 e. The van der Waals surface area contributed by atoms with Gasteiger partial charge >= 0.3 is 6.09 Å². The number of aliphatic hydroxyl groups is 3. The van der Waals surface area contributed by atoms with E-state index in [9.17, 15) is 24.9 Å². The summed E-state index contributed by atoms with van der Waals surface area (Å²) in [6.07, 6.45) is 1.45. The van der Waals surface area contributed by atoms with Crippen LogP contribution >= 0.6 is 0 Å². The van der Waals surface area contributed by atoms with Crippen molar-refractivity contribution in [3.05, 3.63) is 0 Å². The summed E-state index contributed by atoms with van der Waals surface area (Å²) in [6.45, 7) is 8.62. The topological polar surface area (TPSA) is 119 Å². The molecule has 2 amide bonds. The molecule has 3 aliphatic rings. The molecule has 0 aromatic rings. The number of nitrogens with one attached hydrogen (secondary N) is 1. The molecule has 8 heteroatoms. The van der Waals surface area contributed by atoms with Gasteiger partial charge in [-0.15, -0.1) is 0 Å². The molecule has 0 spiro atoms. The fourth-order valence-electron chi connectivity index (χ4n) is 6.46. The van der Waals surface area contributed by atoms with Crippen LogP contribution in [-0.2, 0) is 9.53 Å². The van der Waals surface area contributed by atoms with Crippen LogP contribution in [0.2, 0.25) is 0 Å². The fraction of sp³-hybridized carbons (Fsp3) is 0.913. The second-order valence-electron chi connectivity index (χ2n) is 10.7. The molecule has 1 heterocycles. The van der Waals surface area contributed by atoms with Gasteiger partial charge < -0.3 is 30.3 Å². The van der Waals surface area contributed by atoms with Crippen LogP contribution in [0.1, 0.15) is 66.2 Å². The Hall–Kier alpha value is -1.38. The van der Waals surface area contributed by atoms with Gasteiger partial charge in [0.2, 0.25) is 5.91 Å². The van der Waals surface area contributed by atoms with Crippen LogP contribution in [-0.4, -0.2) is 76.3 Å². The Morgan fingerprint density at radius 1 is 1.16 bits per heavy atom. The molecule has 1 aliphatic heterocycles. The second-order valence-corrected chi connectivity index (χ2v) is 10.7. The zero-order valence-electron chi connectivity index (χ0n) is 19.3. The molecule has 1 saturated heterocycles. The number of aliphatic hydroxyl groups excluding tert-OH is 3. The number of fused-ring (bicyclic) bond motifs is 1. The van der Waals surface area contributed by atoms with Crippen molar-refractivity contribution >= 4 is 12.0 Å². The third kappa shape index (κ3) is 4.71. The quantitative estimate of drug-likeness (QED) is 0.516. The fourth-order valence-corrected chi connectivity index (χ4v) is 6.46. The number of alkyl carbamates (subject to hydrolysis) is 1. The van der Waals surface area contributed by atoms with Crippen LogP contribution in [0.3, 0.4) is 0 Å². The van der Waals surface area contributed by atoms with Gasteiger partial charge in [-0.05, 0) is 63.2 Å². The van der Waals surface area contributed by atoms with Gasteiger partial charge in [-0.1, -0.05) is 13.8 Å². The molecule has 0 aromatic heterocycles. The van der Waals surface area contributed by atoms with E-state index in [2.05, 4.69) is 12.2 Å². The van der Waals surface area contributed by atoms with E-state index in [4.69, 9.17) is 4.74 Å². The molecule has 0 radical (unpaired) electrons. The Bertz CT molecular complexity index is 672. The zero-order chi connectivity index (χ0) is 23.0.